The van der Waals surface area contributed by atoms with Crippen molar-refractivity contribution in [3.05, 3.63) is 28.8 Å². The van der Waals surface area contributed by atoms with E-state index >= 15 is 0 Å². The topological polar surface area (TPSA) is 46.3 Å². The fourth-order valence-electron chi connectivity index (χ4n) is 1.54. The van der Waals surface area contributed by atoms with Crippen molar-refractivity contribution in [3.8, 4) is 0 Å². The van der Waals surface area contributed by atoms with Crippen LogP contribution in [0.5, 0.6) is 0 Å². The standard InChI is InChI=1S/C9H9ClN2O/c1-12-7-3-2-5(10)4-6(7)8(11)9(12)13/h2-4,8H,11H2,1H3/t8-/m1/s1. The Hall–Kier alpha value is -1.06. The summed E-state index contributed by atoms with van der Waals surface area (Å²) in [5.41, 5.74) is 7.35. The van der Waals surface area contributed by atoms with Crippen LogP contribution in [0, 0.1) is 0 Å². The maximum atomic E-state index is 11.4. The molecule has 3 nitrogen and oxygen atoms in total. The summed E-state index contributed by atoms with van der Waals surface area (Å²) in [5, 5.41) is 0.609. The summed E-state index contributed by atoms with van der Waals surface area (Å²) in [4.78, 5) is 13.0. The minimum Gasteiger partial charge on any atom is -0.316 e. The molecule has 1 aromatic carbocycles. The average Bonchev–Trinajstić information content (AvgIpc) is 2.32. The van der Waals surface area contributed by atoms with Crippen LogP contribution >= 0.6 is 11.6 Å². The van der Waals surface area contributed by atoms with Crippen LogP contribution in [-0.4, -0.2) is 13.0 Å². The molecule has 0 spiro atoms. The smallest absolute Gasteiger partial charge is 0.248 e. The lowest BCUT2D eigenvalue weighted by Crippen LogP contribution is -2.27. The van der Waals surface area contributed by atoms with E-state index in [-0.39, 0.29) is 5.91 Å². The Morgan fingerprint density at radius 3 is 2.92 bits per heavy atom. The summed E-state index contributed by atoms with van der Waals surface area (Å²) in [5.74, 6) is -0.0859. The van der Waals surface area contributed by atoms with Crippen molar-refractivity contribution in [2.45, 2.75) is 6.04 Å². The van der Waals surface area contributed by atoms with E-state index in [1.165, 1.54) is 0 Å². The van der Waals surface area contributed by atoms with Gasteiger partial charge in [-0.2, -0.15) is 0 Å². The van der Waals surface area contributed by atoms with Gasteiger partial charge in [-0.3, -0.25) is 4.79 Å². The lowest BCUT2D eigenvalue weighted by atomic mass is 10.1. The van der Waals surface area contributed by atoms with Crippen molar-refractivity contribution >= 4 is 23.2 Å². The minimum absolute atomic E-state index is 0.0859. The van der Waals surface area contributed by atoms with E-state index in [0.29, 0.717) is 5.02 Å². The summed E-state index contributed by atoms with van der Waals surface area (Å²) in [6, 6.07) is 4.74. The van der Waals surface area contributed by atoms with Crippen LogP contribution in [0.4, 0.5) is 5.69 Å². The predicted octanol–water partition coefficient (Wildman–Crippen LogP) is 1.32. The molecule has 2 N–H and O–H groups in total. The highest BCUT2D eigenvalue weighted by Crippen LogP contribution is 2.34. The molecule has 4 heteroatoms. The molecule has 1 amide bonds. The van der Waals surface area contributed by atoms with Crippen LogP contribution in [0.1, 0.15) is 11.6 Å². The highest BCUT2D eigenvalue weighted by atomic mass is 35.5. The molecule has 1 aliphatic rings. The molecule has 0 saturated heterocycles. The second-order valence-corrected chi connectivity index (χ2v) is 3.51. The number of rotatable bonds is 0. The number of carbonyl (C=O) groups excluding carboxylic acids is 1. The zero-order chi connectivity index (χ0) is 9.59. The van der Waals surface area contributed by atoms with Gasteiger partial charge in [-0.05, 0) is 18.2 Å². The molecule has 0 aliphatic carbocycles. The van der Waals surface area contributed by atoms with Crippen molar-refractivity contribution < 1.29 is 4.79 Å². The fraction of sp³-hybridized carbons (Fsp3) is 0.222. The van der Waals surface area contributed by atoms with Crippen molar-refractivity contribution in [2.24, 2.45) is 5.73 Å². The van der Waals surface area contributed by atoms with Crippen LogP contribution in [0.2, 0.25) is 5.02 Å². The van der Waals surface area contributed by atoms with Gasteiger partial charge in [0.25, 0.3) is 0 Å². The molecule has 0 bridgehead atoms. The third-order valence-corrected chi connectivity index (χ3v) is 2.52. The van der Waals surface area contributed by atoms with Crippen LogP contribution < -0.4 is 10.6 Å². The van der Waals surface area contributed by atoms with Gasteiger partial charge in [0.05, 0.1) is 0 Å². The average molecular weight is 197 g/mol. The van der Waals surface area contributed by atoms with Crippen LogP contribution in [0.15, 0.2) is 18.2 Å². The highest BCUT2D eigenvalue weighted by Gasteiger charge is 2.32. The molecule has 1 heterocycles. The van der Waals surface area contributed by atoms with Gasteiger partial charge >= 0.3 is 0 Å². The Balaban J connectivity index is 2.60. The largest absolute Gasteiger partial charge is 0.316 e. The quantitative estimate of drug-likeness (QED) is 0.680. The molecule has 68 valence electrons. The third-order valence-electron chi connectivity index (χ3n) is 2.28. The lowest BCUT2D eigenvalue weighted by molar-refractivity contribution is -0.118. The first-order chi connectivity index (χ1) is 6.11. The van der Waals surface area contributed by atoms with Crippen LogP contribution in [0.25, 0.3) is 0 Å². The molecule has 0 aromatic heterocycles. The summed E-state index contributed by atoms with van der Waals surface area (Å²) in [7, 11) is 1.71. The molecular formula is C9H9ClN2O. The number of nitrogens with two attached hydrogens (primary N) is 1. The van der Waals surface area contributed by atoms with E-state index in [1.54, 1.807) is 24.1 Å². The van der Waals surface area contributed by atoms with Crippen LogP contribution in [-0.2, 0) is 4.79 Å². The summed E-state index contributed by atoms with van der Waals surface area (Å²) >= 11 is 5.80. The minimum atomic E-state index is -0.557. The van der Waals surface area contributed by atoms with Crippen molar-refractivity contribution in [3.63, 3.8) is 0 Å². The van der Waals surface area contributed by atoms with Gasteiger partial charge < -0.3 is 10.6 Å². The number of benzene rings is 1. The first-order valence-corrected chi connectivity index (χ1v) is 4.31. The number of anilines is 1. The normalized spacial score (nSPS) is 20.7. The monoisotopic (exact) mass is 196 g/mol. The van der Waals surface area contributed by atoms with E-state index in [1.807, 2.05) is 6.07 Å². The van der Waals surface area contributed by atoms with Crippen molar-refractivity contribution in [2.75, 3.05) is 11.9 Å². The van der Waals surface area contributed by atoms with Gasteiger partial charge in [-0.15, -0.1) is 0 Å². The number of fused-ring (bicyclic) bond motifs is 1. The second-order valence-electron chi connectivity index (χ2n) is 3.08. The van der Waals surface area contributed by atoms with Gasteiger partial charge in [-0.1, -0.05) is 11.6 Å². The Kier molecular flexibility index (Phi) is 1.78. The van der Waals surface area contributed by atoms with Gasteiger partial charge in [-0.25, -0.2) is 0 Å². The summed E-state index contributed by atoms with van der Waals surface area (Å²) in [6.07, 6.45) is 0. The molecule has 1 aliphatic heterocycles. The zero-order valence-corrected chi connectivity index (χ0v) is 7.88. The molecule has 0 saturated carbocycles. The Bertz CT molecular complexity index is 378. The number of halogens is 1. The predicted molar refractivity (Wildman–Crippen MR) is 51.8 cm³/mol. The molecule has 0 unspecified atom stereocenters. The lowest BCUT2D eigenvalue weighted by Gasteiger charge is -2.08. The molecule has 1 aromatic rings. The van der Waals surface area contributed by atoms with E-state index in [4.69, 9.17) is 17.3 Å². The van der Waals surface area contributed by atoms with Crippen molar-refractivity contribution in [1.82, 2.24) is 0 Å². The third kappa shape index (κ3) is 1.12. The molecule has 0 radical (unpaired) electrons. The van der Waals surface area contributed by atoms with Gasteiger partial charge in [0.15, 0.2) is 0 Å². The zero-order valence-electron chi connectivity index (χ0n) is 7.12. The maximum absolute atomic E-state index is 11.4. The van der Waals surface area contributed by atoms with E-state index in [0.717, 1.165) is 11.3 Å². The maximum Gasteiger partial charge on any atom is 0.248 e. The van der Waals surface area contributed by atoms with E-state index < -0.39 is 6.04 Å². The Labute approximate surface area is 81.1 Å². The molecule has 1 atom stereocenters. The fourth-order valence-corrected chi connectivity index (χ4v) is 1.72. The number of amides is 1. The first-order valence-electron chi connectivity index (χ1n) is 3.94. The SMILES string of the molecule is CN1C(=O)[C@H](N)c2cc(Cl)ccc21. The number of hydrogen-bond acceptors (Lipinski definition) is 2. The first kappa shape index (κ1) is 8.53. The summed E-state index contributed by atoms with van der Waals surface area (Å²) < 4.78 is 0. The number of nitrogens with zero attached hydrogens (tertiary/aromatic N) is 1. The molecule has 13 heavy (non-hydrogen) atoms. The second kappa shape index (κ2) is 2.72. The Morgan fingerprint density at radius 1 is 1.54 bits per heavy atom. The molecule has 0 fully saturated rings. The van der Waals surface area contributed by atoms with Crippen LogP contribution in [0.3, 0.4) is 0 Å². The van der Waals surface area contributed by atoms with E-state index in [2.05, 4.69) is 0 Å². The summed E-state index contributed by atoms with van der Waals surface area (Å²) in [6.45, 7) is 0. The van der Waals surface area contributed by atoms with E-state index in [9.17, 15) is 4.79 Å². The van der Waals surface area contributed by atoms with Crippen molar-refractivity contribution in [1.29, 1.82) is 0 Å². The van der Waals surface area contributed by atoms with Gasteiger partial charge in [0, 0.05) is 23.3 Å². The molecular weight excluding hydrogens is 188 g/mol. The van der Waals surface area contributed by atoms with Gasteiger partial charge in [0.2, 0.25) is 5.91 Å². The highest BCUT2D eigenvalue weighted by molar-refractivity contribution is 6.31. The number of hydrogen-bond donors (Lipinski definition) is 1. The molecule has 2 rings (SSSR count). The number of likely N-dealkylation sites (N-methyl/N-ethyl adjacent to an activating group) is 1. The number of carbonyl (C=O) groups is 1. The van der Waals surface area contributed by atoms with Gasteiger partial charge in [0.1, 0.15) is 6.04 Å². The Morgan fingerprint density at radius 2 is 2.23 bits per heavy atom.